The molecule has 0 saturated carbocycles. The van der Waals surface area contributed by atoms with Crippen LogP contribution in [-0.2, 0) is 0 Å². The summed E-state index contributed by atoms with van der Waals surface area (Å²) in [5.41, 5.74) is 0.719. The Hall–Kier alpha value is -1.07. The molecule has 5 nitrogen and oxygen atoms in total. The Morgan fingerprint density at radius 3 is 2.50 bits per heavy atom. The van der Waals surface area contributed by atoms with Gasteiger partial charge in [0.15, 0.2) is 0 Å². The van der Waals surface area contributed by atoms with Gasteiger partial charge < -0.3 is 10.2 Å². The van der Waals surface area contributed by atoms with Crippen LogP contribution >= 0.6 is 11.6 Å². The molecule has 0 aromatic carbocycles. The van der Waals surface area contributed by atoms with Crippen LogP contribution in [0, 0.1) is 0 Å². The van der Waals surface area contributed by atoms with Gasteiger partial charge in [-0.2, -0.15) is 5.10 Å². The van der Waals surface area contributed by atoms with Crippen molar-refractivity contribution in [3.05, 3.63) is 21.6 Å². The van der Waals surface area contributed by atoms with E-state index in [2.05, 4.69) is 22.2 Å². The van der Waals surface area contributed by atoms with Crippen LogP contribution in [0.2, 0.25) is 5.02 Å². The van der Waals surface area contributed by atoms with Gasteiger partial charge in [-0.05, 0) is 40.7 Å². The highest BCUT2D eigenvalue weighted by molar-refractivity contribution is 6.33. The van der Waals surface area contributed by atoms with Crippen molar-refractivity contribution in [1.82, 2.24) is 15.1 Å². The average molecular weight is 299 g/mol. The highest BCUT2D eigenvalue weighted by atomic mass is 35.5. The standard InChI is InChI=1S/C14H23ClN4O/c1-10(2)19-13(20)12(15)11(9-17-19)18-7-5-14(3,16-4)6-8-18/h9-10,16H,5-8H2,1-4H3. The van der Waals surface area contributed by atoms with Gasteiger partial charge in [-0.15, -0.1) is 0 Å². The zero-order valence-corrected chi connectivity index (χ0v) is 13.4. The number of anilines is 1. The monoisotopic (exact) mass is 298 g/mol. The smallest absolute Gasteiger partial charge is 0.287 e. The molecule has 1 aromatic rings. The van der Waals surface area contributed by atoms with Crippen molar-refractivity contribution in [3.8, 4) is 0 Å². The summed E-state index contributed by atoms with van der Waals surface area (Å²) in [7, 11) is 1.99. The van der Waals surface area contributed by atoms with Crippen molar-refractivity contribution in [2.24, 2.45) is 0 Å². The molecule has 1 saturated heterocycles. The van der Waals surface area contributed by atoms with E-state index in [1.54, 1.807) is 6.20 Å². The van der Waals surface area contributed by atoms with Crippen LogP contribution in [0.4, 0.5) is 5.69 Å². The van der Waals surface area contributed by atoms with Crippen LogP contribution in [0.3, 0.4) is 0 Å². The van der Waals surface area contributed by atoms with Crippen LogP contribution in [0.25, 0.3) is 0 Å². The van der Waals surface area contributed by atoms with E-state index in [1.165, 1.54) is 4.68 Å². The molecule has 0 unspecified atom stereocenters. The molecule has 1 aliphatic heterocycles. The Labute approximate surface area is 124 Å². The number of piperidine rings is 1. The topological polar surface area (TPSA) is 50.2 Å². The molecule has 112 valence electrons. The van der Waals surface area contributed by atoms with Gasteiger partial charge in [-0.25, -0.2) is 4.68 Å². The van der Waals surface area contributed by atoms with Gasteiger partial charge in [0.2, 0.25) is 0 Å². The Balaban J connectivity index is 2.23. The lowest BCUT2D eigenvalue weighted by Gasteiger charge is -2.40. The van der Waals surface area contributed by atoms with Gasteiger partial charge in [-0.3, -0.25) is 4.79 Å². The molecule has 0 aliphatic carbocycles. The predicted octanol–water partition coefficient (Wildman–Crippen LogP) is 2.06. The van der Waals surface area contributed by atoms with Crippen LogP contribution in [-0.4, -0.2) is 35.5 Å². The van der Waals surface area contributed by atoms with Crippen LogP contribution in [0.5, 0.6) is 0 Å². The second-order valence-electron chi connectivity index (χ2n) is 5.98. The molecule has 0 amide bonds. The predicted molar refractivity (Wildman–Crippen MR) is 82.8 cm³/mol. The Bertz CT molecular complexity index is 532. The average Bonchev–Trinajstić information content (AvgIpc) is 2.43. The van der Waals surface area contributed by atoms with Gasteiger partial charge >= 0.3 is 0 Å². The quantitative estimate of drug-likeness (QED) is 0.928. The van der Waals surface area contributed by atoms with Crippen LogP contribution in [0.1, 0.15) is 39.7 Å². The van der Waals surface area contributed by atoms with Crippen molar-refractivity contribution < 1.29 is 0 Å². The van der Waals surface area contributed by atoms with E-state index < -0.39 is 0 Å². The summed E-state index contributed by atoms with van der Waals surface area (Å²) in [5.74, 6) is 0. The third-order valence-corrected chi connectivity index (χ3v) is 4.58. The van der Waals surface area contributed by atoms with Gasteiger partial charge in [0.1, 0.15) is 5.02 Å². The molecular formula is C14H23ClN4O. The number of hydrogen-bond acceptors (Lipinski definition) is 4. The molecule has 2 heterocycles. The van der Waals surface area contributed by atoms with Crippen molar-refractivity contribution >= 4 is 17.3 Å². The van der Waals surface area contributed by atoms with E-state index in [0.29, 0.717) is 0 Å². The van der Waals surface area contributed by atoms with Gasteiger partial charge in [0.05, 0.1) is 17.9 Å². The summed E-state index contributed by atoms with van der Waals surface area (Å²) >= 11 is 6.25. The third-order valence-electron chi connectivity index (χ3n) is 4.23. The fourth-order valence-corrected chi connectivity index (χ4v) is 2.77. The third kappa shape index (κ3) is 2.83. The SMILES string of the molecule is CNC1(C)CCN(c2cnn(C(C)C)c(=O)c2Cl)CC1. The second-order valence-corrected chi connectivity index (χ2v) is 6.36. The maximum Gasteiger partial charge on any atom is 0.287 e. The minimum atomic E-state index is -0.207. The molecule has 6 heteroatoms. The first-order chi connectivity index (χ1) is 9.38. The van der Waals surface area contributed by atoms with Gasteiger partial charge in [0.25, 0.3) is 5.56 Å². The maximum absolute atomic E-state index is 12.2. The lowest BCUT2D eigenvalue weighted by Crippen LogP contribution is -2.50. The first kappa shape index (κ1) is 15.3. The summed E-state index contributed by atoms with van der Waals surface area (Å²) in [5, 5.41) is 7.87. The lowest BCUT2D eigenvalue weighted by atomic mass is 9.90. The molecule has 0 atom stereocenters. The lowest BCUT2D eigenvalue weighted by molar-refractivity contribution is 0.305. The zero-order chi connectivity index (χ0) is 14.9. The molecule has 0 radical (unpaired) electrons. The first-order valence-electron chi connectivity index (χ1n) is 7.09. The highest BCUT2D eigenvalue weighted by Crippen LogP contribution is 2.28. The van der Waals surface area contributed by atoms with E-state index in [9.17, 15) is 4.79 Å². The first-order valence-corrected chi connectivity index (χ1v) is 7.47. The highest BCUT2D eigenvalue weighted by Gasteiger charge is 2.29. The van der Waals surface area contributed by atoms with E-state index in [0.717, 1.165) is 31.6 Å². The zero-order valence-electron chi connectivity index (χ0n) is 12.6. The molecule has 1 aliphatic rings. The number of nitrogens with zero attached hydrogens (tertiary/aromatic N) is 3. The normalized spacial score (nSPS) is 18.6. The summed E-state index contributed by atoms with van der Waals surface area (Å²) in [6, 6.07) is 0.0167. The number of rotatable bonds is 3. The van der Waals surface area contributed by atoms with E-state index >= 15 is 0 Å². The fourth-order valence-electron chi connectivity index (χ4n) is 2.52. The largest absolute Gasteiger partial charge is 0.369 e. The van der Waals surface area contributed by atoms with E-state index in [4.69, 9.17) is 11.6 Å². The Kier molecular flexibility index (Phi) is 4.39. The minimum absolute atomic E-state index is 0.0167. The summed E-state index contributed by atoms with van der Waals surface area (Å²) in [6.45, 7) is 7.82. The second kappa shape index (κ2) is 5.74. The molecule has 1 N–H and O–H groups in total. The van der Waals surface area contributed by atoms with Crippen LogP contribution in [0.15, 0.2) is 11.0 Å². The van der Waals surface area contributed by atoms with Crippen molar-refractivity contribution in [3.63, 3.8) is 0 Å². The van der Waals surface area contributed by atoms with Gasteiger partial charge in [-0.1, -0.05) is 11.6 Å². The van der Waals surface area contributed by atoms with Crippen molar-refractivity contribution in [1.29, 1.82) is 0 Å². The number of halogens is 1. The number of hydrogen-bond donors (Lipinski definition) is 1. The van der Waals surface area contributed by atoms with Crippen molar-refractivity contribution in [2.45, 2.75) is 45.2 Å². The van der Waals surface area contributed by atoms with E-state index in [-0.39, 0.29) is 22.2 Å². The maximum atomic E-state index is 12.2. The van der Waals surface area contributed by atoms with E-state index in [1.807, 2.05) is 20.9 Å². The number of nitrogens with one attached hydrogen (secondary N) is 1. The molecule has 2 rings (SSSR count). The summed E-state index contributed by atoms with van der Waals surface area (Å²) < 4.78 is 1.42. The summed E-state index contributed by atoms with van der Waals surface area (Å²) in [6.07, 6.45) is 3.76. The van der Waals surface area contributed by atoms with Crippen LogP contribution < -0.4 is 15.8 Å². The summed E-state index contributed by atoms with van der Waals surface area (Å²) in [4.78, 5) is 14.3. The Morgan fingerprint density at radius 2 is 2.00 bits per heavy atom. The Morgan fingerprint density at radius 1 is 1.40 bits per heavy atom. The molecular weight excluding hydrogens is 276 g/mol. The van der Waals surface area contributed by atoms with Gasteiger partial charge in [0, 0.05) is 18.6 Å². The molecule has 1 aromatic heterocycles. The minimum Gasteiger partial charge on any atom is -0.369 e. The molecule has 1 fully saturated rings. The molecule has 20 heavy (non-hydrogen) atoms. The molecule has 0 bridgehead atoms. The fraction of sp³-hybridized carbons (Fsp3) is 0.714. The van der Waals surface area contributed by atoms with Crippen molar-refractivity contribution in [2.75, 3.05) is 25.0 Å². The number of aromatic nitrogens is 2. The molecule has 0 spiro atoms.